The first-order chi connectivity index (χ1) is 16.5. The molecule has 4 aromatic rings. The summed E-state index contributed by atoms with van der Waals surface area (Å²) < 4.78 is 23.3. The SMILES string of the molecule is Cn1c(=O)cc(OCc2nn(CN3CCN(c4ccc(F)cc4)CC3)c(=S)s2)c2ccccc21. The summed E-state index contributed by atoms with van der Waals surface area (Å²) in [5, 5.41) is 6.30. The lowest BCUT2D eigenvalue weighted by molar-refractivity contribution is 0.193. The highest BCUT2D eigenvalue weighted by Crippen LogP contribution is 2.24. The van der Waals surface area contributed by atoms with Crippen LogP contribution in [0.1, 0.15) is 5.01 Å². The Morgan fingerprint density at radius 3 is 2.59 bits per heavy atom. The molecule has 0 amide bonds. The van der Waals surface area contributed by atoms with E-state index in [1.807, 2.05) is 41.1 Å². The van der Waals surface area contributed by atoms with Crippen LogP contribution >= 0.6 is 23.6 Å². The predicted molar refractivity (Wildman–Crippen MR) is 135 cm³/mol. The average molecular weight is 498 g/mol. The van der Waals surface area contributed by atoms with Crippen LogP contribution in [0, 0.1) is 9.77 Å². The Hall–Kier alpha value is -3.08. The molecule has 5 rings (SSSR count). The molecular weight excluding hydrogens is 473 g/mol. The van der Waals surface area contributed by atoms with Crippen molar-refractivity contribution >= 4 is 40.1 Å². The van der Waals surface area contributed by atoms with Crippen LogP contribution in [-0.4, -0.2) is 45.4 Å². The number of rotatable bonds is 6. The molecule has 7 nitrogen and oxygen atoms in total. The maximum Gasteiger partial charge on any atom is 0.254 e. The molecule has 0 bridgehead atoms. The fourth-order valence-corrected chi connectivity index (χ4v) is 5.17. The standard InChI is InChI=1S/C24H24FN5O2S2/c1-27-20-5-3-2-4-19(20)21(14-23(27)31)32-15-22-26-30(24(33)34-22)16-28-10-12-29(13-11-28)18-8-6-17(25)7-9-18/h2-9,14H,10-13,15-16H2,1H3. The number of aryl methyl sites for hydroxylation is 1. The lowest BCUT2D eigenvalue weighted by Gasteiger charge is -2.35. The van der Waals surface area contributed by atoms with Crippen molar-refractivity contribution in [2.75, 3.05) is 31.1 Å². The van der Waals surface area contributed by atoms with E-state index in [4.69, 9.17) is 17.0 Å². The fraction of sp³-hybridized carbons (Fsp3) is 0.292. The van der Waals surface area contributed by atoms with Crippen molar-refractivity contribution in [1.29, 1.82) is 0 Å². The molecule has 0 unspecified atom stereocenters. The molecule has 0 N–H and O–H groups in total. The van der Waals surface area contributed by atoms with E-state index in [0.717, 1.165) is 47.8 Å². The zero-order valence-corrected chi connectivity index (χ0v) is 20.3. The molecular formula is C24H24FN5O2S2. The van der Waals surface area contributed by atoms with Crippen LogP contribution in [0.3, 0.4) is 0 Å². The number of halogens is 1. The molecule has 0 aliphatic carbocycles. The van der Waals surface area contributed by atoms with Crippen molar-refractivity contribution in [3.63, 3.8) is 0 Å². The van der Waals surface area contributed by atoms with Crippen LogP contribution in [0.15, 0.2) is 59.4 Å². The van der Waals surface area contributed by atoms with E-state index in [-0.39, 0.29) is 18.0 Å². The second-order valence-corrected chi connectivity index (χ2v) is 9.90. The van der Waals surface area contributed by atoms with Crippen molar-refractivity contribution < 1.29 is 9.13 Å². The molecule has 176 valence electrons. The van der Waals surface area contributed by atoms with Crippen molar-refractivity contribution in [2.24, 2.45) is 7.05 Å². The van der Waals surface area contributed by atoms with E-state index in [9.17, 15) is 9.18 Å². The van der Waals surface area contributed by atoms with Crippen LogP contribution in [0.2, 0.25) is 0 Å². The predicted octanol–water partition coefficient (Wildman–Crippen LogP) is 4.02. The van der Waals surface area contributed by atoms with Gasteiger partial charge >= 0.3 is 0 Å². The second kappa shape index (κ2) is 9.65. The number of hydrogen-bond donors (Lipinski definition) is 0. The Balaban J connectivity index is 1.22. The van der Waals surface area contributed by atoms with Crippen molar-refractivity contribution in [3.8, 4) is 5.75 Å². The zero-order chi connectivity index (χ0) is 23.7. The van der Waals surface area contributed by atoms with Gasteiger partial charge in [0.05, 0.1) is 12.2 Å². The van der Waals surface area contributed by atoms with Gasteiger partial charge in [-0.25, -0.2) is 9.07 Å². The summed E-state index contributed by atoms with van der Waals surface area (Å²) in [5.41, 5.74) is 1.74. The lowest BCUT2D eigenvalue weighted by Crippen LogP contribution is -2.46. The molecule has 3 heterocycles. The minimum atomic E-state index is -0.219. The third-order valence-electron chi connectivity index (χ3n) is 6.01. The number of para-hydroxylation sites is 1. The smallest absolute Gasteiger partial charge is 0.254 e. The van der Waals surface area contributed by atoms with Gasteiger partial charge in [0.1, 0.15) is 18.2 Å². The normalized spacial score (nSPS) is 14.6. The van der Waals surface area contributed by atoms with Crippen LogP contribution in [0.25, 0.3) is 10.9 Å². The molecule has 0 radical (unpaired) electrons. The molecule has 1 fully saturated rings. The summed E-state index contributed by atoms with van der Waals surface area (Å²) in [6.45, 7) is 4.30. The second-order valence-electron chi connectivity index (χ2n) is 8.20. The van der Waals surface area contributed by atoms with Gasteiger partial charge in [0, 0.05) is 50.4 Å². The van der Waals surface area contributed by atoms with Crippen molar-refractivity contribution in [3.05, 3.63) is 79.7 Å². The molecule has 0 spiro atoms. The average Bonchev–Trinajstić information content (AvgIpc) is 3.20. The van der Waals surface area contributed by atoms with Crippen LogP contribution in [-0.2, 0) is 20.3 Å². The molecule has 34 heavy (non-hydrogen) atoms. The van der Waals surface area contributed by atoms with Gasteiger partial charge in [-0.2, -0.15) is 5.10 Å². The molecule has 0 atom stereocenters. The third-order valence-corrected chi connectivity index (χ3v) is 7.29. The van der Waals surface area contributed by atoms with E-state index in [1.54, 1.807) is 11.6 Å². The minimum absolute atomic E-state index is 0.119. The summed E-state index contributed by atoms with van der Waals surface area (Å²) >= 11 is 6.96. The maximum atomic E-state index is 13.2. The van der Waals surface area contributed by atoms with Gasteiger partial charge in [0.15, 0.2) is 8.96 Å². The monoisotopic (exact) mass is 497 g/mol. The Bertz CT molecular complexity index is 1420. The van der Waals surface area contributed by atoms with E-state index >= 15 is 0 Å². The topological polar surface area (TPSA) is 55.5 Å². The van der Waals surface area contributed by atoms with Crippen molar-refractivity contribution in [2.45, 2.75) is 13.3 Å². The maximum absolute atomic E-state index is 13.2. The summed E-state index contributed by atoms with van der Waals surface area (Å²) in [5.74, 6) is 0.325. The first-order valence-electron chi connectivity index (χ1n) is 11.0. The van der Waals surface area contributed by atoms with Gasteiger partial charge in [-0.05, 0) is 48.6 Å². The molecule has 1 saturated heterocycles. The van der Waals surface area contributed by atoms with Gasteiger partial charge in [0.2, 0.25) is 0 Å². The lowest BCUT2D eigenvalue weighted by atomic mass is 10.2. The van der Waals surface area contributed by atoms with E-state index in [1.165, 1.54) is 29.5 Å². The molecule has 10 heteroatoms. The van der Waals surface area contributed by atoms with Crippen LogP contribution < -0.4 is 15.2 Å². The quantitative estimate of drug-likeness (QED) is 0.375. The molecule has 2 aromatic heterocycles. The number of pyridine rings is 1. The van der Waals surface area contributed by atoms with Gasteiger partial charge in [0.25, 0.3) is 5.56 Å². The molecule has 1 aliphatic heterocycles. The van der Waals surface area contributed by atoms with Gasteiger partial charge in [-0.3, -0.25) is 9.69 Å². The van der Waals surface area contributed by atoms with E-state index < -0.39 is 0 Å². The Morgan fingerprint density at radius 1 is 1.09 bits per heavy atom. The first kappa shape index (κ1) is 22.7. The highest BCUT2D eigenvalue weighted by molar-refractivity contribution is 7.73. The van der Waals surface area contributed by atoms with Crippen molar-refractivity contribution in [1.82, 2.24) is 19.2 Å². The van der Waals surface area contributed by atoms with Gasteiger partial charge < -0.3 is 14.2 Å². The number of piperazine rings is 1. The number of hydrogen-bond acceptors (Lipinski definition) is 7. The molecule has 1 aliphatic rings. The summed E-state index contributed by atoms with van der Waals surface area (Å²) in [7, 11) is 1.75. The largest absolute Gasteiger partial charge is 0.485 e. The van der Waals surface area contributed by atoms with E-state index in [0.29, 0.717) is 16.4 Å². The summed E-state index contributed by atoms with van der Waals surface area (Å²) in [6.07, 6.45) is 0. The van der Waals surface area contributed by atoms with Gasteiger partial charge in [-0.15, -0.1) is 0 Å². The van der Waals surface area contributed by atoms with Crippen LogP contribution in [0.4, 0.5) is 10.1 Å². The number of benzene rings is 2. The summed E-state index contributed by atoms with van der Waals surface area (Å²) in [6, 6.07) is 15.8. The highest BCUT2D eigenvalue weighted by atomic mass is 32.1. The van der Waals surface area contributed by atoms with E-state index in [2.05, 4.69) is 14.9 Å². The third kappa shape index (κ3) is 4.75. The number of aromatic nitrogens is 3. The Labute approximate surface area is 205 Å². The van der Waals surface area contributed by atoms with Gasteiger partial charge in [-0.1, -0.05) is 23.5 Å². The Morgan fingerprint density at radius 2 is 1.82 bits per heavy atom. The summed E-state index contributed by atoms with van der Waals surface area (Å²) in [4.78, 5) is 16.9. The fourth-order valence-electron chi connectivity index (χ4n) is 4.12. The highest BCUT2D eigenvalue weighted by Gasteiger charge is 2.18. The molecule has 2 aromatic carbocycles. The molecule has 0 saturated carbocycles. The number of anilines is 1. The zero-order valence-electron chi connectivity index (χ0n) is 18.7. The van der Waals surface area contributed by atoms with Crippen LogP contribution in [0.5, 0.6) is 5.75 Å². The minimum Gasteiger partial charge on any atom is -0.485 e. The Kier molecular flexibility index (Phi) is 6.44. The number of fused-ring (bicyclic) bond motifs is 1. The number of nitrogens with zero attached hydrogens (tertiary/aromatic N) is 5. The number of ether oxygens (including phenoxy) is 1. The first-order valence-corrected chi connectivity index (χ1v) is 12.2.